The molecule has 0 aliphatic rings. The molecule has 1 amide bonds. The Balaban J connectivity index is 1.67. The Kier molecular flexibility index (Phi) is 5.03. The first kappa shape index (κ1) is 17.0. The zero-order valence-electron chi connectivity index (χ0n) is 14.0. The van der Waals surface area contributed by atoms with Gasteiger partial charge in [-0.1, -0.05) is 11.8 Å². The molecular formula is C16H17N5O3S. The number of methoxy groups -OCH3 is 2. The van der Waals surface area contributed by atoms with E-state index in [1.54, 1.807) is 36.9 Å². The first-order valence-electron chi connectivity index (χ1n) is 7.44. The fourth-order valence-electron chi connectivity index (χ4n) is 2.19. The van der Waals surface area contributed by atoms with Crippen LogP contribution in [0.2, 0.25) is 0 Å². The van der Waals surface area contributed by atoms with Crippen LogP contribution in [-0.2, 0) is 4.79 Å². The third-order valence-corrected chi connectivity index (χ3v) is 4.35. The molecule has 0 saturated heterocycles. The Morgan fingerprint density at radius 1 is 1.20 bits per heavy atom. The number of aromatic nitrogens is 4. The number of benzene rings is 1. The third-order valence-electron chi connectivity index (χ3n) is 3.43. The molecule has 0 spiro atoms. The van der Waals surface area contributed by atoms with Crippen LogP contribution in [0, 0.1) is 6.92 Å². The van der Waals surface area contributed by atoms with Crippen molar-refractivity contribution in [2.75, 3.05) is 25.3 Å². The Bertz CT molecular complexity index is 912. The van der Waals surface area contributed by atoms with Gasteiger partial charge in [0.25, 0.3) is 0 Å². The molecule has 0 aliphatic carbocycles. The molecule has 3 aromatic rings. The topological polar surface area (TPSA) is 90.6 Å². The van der Waals surface area contributed by atoms with Crippen molar-refractivity contribution in [3.05, 3.63) is 36.2 Å². The van der Waals surface area contributed by atoms with Gasteiger partial charge in [-0.15, -0.1) is 10.2 Å². The van der Waals surface area contributed by atoms with Gasteiger partial charge in [0.1, 0.15) is 16.5 Å². The molecule has 2 aromatic heterocycles. The van der Waals surface area contributed by atoms with Crippen molar-refractivity contribution >= 4 is 29.0 Å². The van der Waals surface area contributed by atoms with E-state index in [4.69, 9.17) is 9.47 Å². The molecule has 0 bridgehead atoms. The maximum Gasteiger partial charge on any atom is 0.234 e. The predicted octanol–water partition coefficient (Wildman–Crippen LogP) is 2.18. The van der Waals surface area contributed by atoms with Crippen LogP contribution < -0.4 is 14.8 Å². The monoisotopic (exact) mass is 359 g/mol. The minimum atomic E-state index is -0.168. The number of hydrogen-bond donors (Lipinski definition) is 1. The Morgan fingerprint density at radius 3 is 2.80 bits per heavy atom. The SMILES string of the molecule is COc1ccc(OC)c(NC(=O)CSc2ccc3nnc(C)n3n2)c1. The van der Waals surface area contributed by atoms with Gasteiger partial charge in [0.2, 0.25) is 5.91 Å². The summed E-state index contributed by atoms with van der Waals surface area (Å²) in [6, 6.07) is 8.86. The first-order chi connectivity index (χ1) is 12.1. The largest absolute Gasteiger partial charge is 0.497 e. The number of ether oxygens (including phenoxy) is 2. The summed E-state index contributed by atoms with van der Waals surface area (Å²) in [6.07, 6.45) is 0. The van der Waals surface area contributed by atoms with E-state index >= 15 is 0 Å². The number of hydrogen-bond acceptors (Lipinski definition) is 7. The average Bonchev–Trinajstić information content (AvgIpc) is 3.00. The predicted molar refractivity (Wildman–Crippen MR) is 94.4 cm³/mol. The van der Waals surface area contributed by atoms with Crippen LogP contribution in [0.15, 0.2) is 35.4 Å². The fourth-order valence-corrected chi connectivity index (χ4v) is 2.85. The lowest BCUT2D eigenvalue weighted by Gasteiger charge is -2.11. The second-order valence-corrected chi connectivity index (χ2v) is 6.09. The molecule has 130 valence electrons. The van der Waals surface area contributed by atoms with Crippen molar-refractivity contribution in [1.29, 1.82) is 0 Å². The van der Waals surface area contributed by atoms with E-state index < -0.39 is 0 Å². The second-order valence-electron chi connectivity index (χ2n) is 5.09. The van der Waals surface area contributed by atoms with Gasteiger partial charge in [-0.25, -0.2) is 0 Å². The smallest absolute Gasteiger partial charge is 0.234 e. The number of thioether (sulfide) groups is 1. The molecule has 0 saturated carbocycles. The highest BCUT2D eigenvalue weighted by molar-refractivity contribution is 7.99. The molecule has 8 nitrogen and oxygen atoms in total. The number of rotatable bonds is 6. The molecule has 0 unspecified atom stereocenters. The molecule has 0 fully saturated rings. The van der Waals surface area contributed by atoms with Gasteiger partial charge in [0.05, 0.1) is 25.7 Å². The lowest BCUT2D eigenvalue weighted by molar-refractivity contribution is -0.113. The van der Waals surface area contributed by atoms with Crippen LogP contribution in [0.4, 0.5) is 5.69 Å². The summed E-state index contributed by atoms with van der Waals surface area (Å²) in [5.74, 6) is 1.94. The molecule has 1 N–H and O–H groups in total. The van der Waals surface area contributed by atoms with Crippen LogP contribution in [-0.4, -0.2) is 45.7 Å². The normalized spacial score (nSPS) is 10.7. The van der Waals surface area contributed by atoms with Crippen molar-refractivity contribution in [1.82, 2.24) is 19.8 Å². The van der Waals surface area contributed by atoms with E-state index in [1.165, 1.54) is 11.8 Å². The third kappa shape index (κ3) is 3.82. The van der Waals surface area contributed by atoms with E-state index in [-0.39, 0.29) is 11.7 Å². The number of carbonyl (C=O) groups is 1. The van der Waals surface area contributed by atoms with Crippen LogP contribution in [0.1, 0.15) is 5.82 Å². The number of amides is 1. The number of nitrogens with one attached hydrogen (secondary N) is 1. The summed E-state index contributed by atoms with van der Waals surface area (Å²) < 4.78 is 12.1. The highest BCUT2D eigenvalue weighted by Gasteiger charge is 2.11. The van der Waals surface area contributed by atoms with Crippen molar-refractivity contribution in [2.45, 2.75) is 11.9 Å². The molecule has 0 atom stereocenters. The highest BCUT2D eigenvalue weighted by atomic mass is 32.2. The van der Waals surface area contributed by atoms with Crippen LogP contribution in [0.5, 0.6) is 11.5 Å². The number of fused-ring (bicyclic) bond motifs is 1. The number of carbonyl (C=O) groups excluding carboxylic acids is 1. The molecule has 0 aliphatic heterocycles. The van der Waals surface area contributed by atoms with Gasteiger partial charge >= 0.3 is 0 Å². The summed E-state index contributed by atoms with van der Waals surface area (Å²) >= 11 is 1.33. The summed E-state index contributed by atoms with van der Waals surface area (Å²) in [6.45, 7) is 1.82. The highest BCUT2D eigenvalue weighted by Crippen LogP contribution is 2.29. The standard InChI is InChI=1S/C16H17N5O3S/c1-10-18-19-14-6-7-16(20-21(10)14)25-9-15(22)17-12-8-11(23-2)4-5-13(12)24-3/h4-8H,9H2,1-3H3,(H,17,22). The Morgan fingerprint density at radius 2 is 2.04 bits per heavy atom. The molecule has 3 rings (SSSR count). The van der Waals surface area contributed by atoms with Gasteiger partial charge in [0, 0.05) is 6.07 Å². The zero-order chi connectivity index (χ0) is 17.8. The Labute approximate surface area is 148 Å². The van der Waals surface area contributed by atoms with Gasteiger partial charge in [0.15, 0.2) is 11.5 Å². The van der Waals surface area contributed by atoms with E-state index in [0.717, 1.165) is 0 Å². The van der Waals surface area contributed by atoms with E-state index in [9.17, 15) is 4.79 Å². The van der Waals surface area contributed by atoms with Crippen molar-refractivity contribution in [2.24, 2.45) is 0 Å². The number of aryl methyl sites for hydroxylation is 1. The van der Waals surface area contributed by atoms with Crippen LogP contribution >= 0.6 is 11.8 Å². The second kappa shape index (κ2) is 7.39. The minimum Gasteiger partial charge on any atom is -0.497 e. The zero-order valence-corrected chi connectivity index (χ0v) is 14.8. The van der Waals surface area contributed by atoms with Gasteiger partial charge < -0.3 is 14.8 Å². The van der Waals surface area contributed by atoms with E-state index in [1.807, 2.05) is 19.1 Å². The maximum atomic E-state index is 12.2. The van der Waals surface area contributed by atoms with Crippen molar-refractivity contribution < 1.29 is 14.3 Å². The van der Waals surface area contributed by atoms with Crippen LogP contribution in [0.3, 0.4) is 0 Å². The average molecular weight is 359 g/mol. The van der Waals surface area contributed by atoms with E-state index in [0.29, 0.717) is 33.7 Å². The molecule has 0 radical (unpaired) electrons. The summed E-state index contributed by atoms with van der Waals surface area (Å²) in [4.78, 5) is 12.2. The minimum absolute atomic E-state index is 0.168. The van der Waals surface area contributed by atoms with Crippen molar-refractivity contribution in [3.63, 3.8) is 0 Å². The van der Waals surface area contributed by atoms with Gasteiger partial charge in [-0.05, 0) is 31.2 Å². The quantitative estimate of drug-likeness (QED) is 0.675. The van der Waals surface area contributed by atoms with E-state index in [2.05, 4.69) is 20.6 Å². The first-order valence-corrected chi connectivity index (χ1v) is 8.43. The summed E-state index contributed by atoms with van der Waals surface area (Å²) in [5, 5.41) is 15.9. The summed E-state index contributed by atoms with van der Waals surface area (Å²) in [7, 11) is 3.12. The fraction of sp³-hybridized carbons (Fsp3) is 0.250. The lowest BCUT2D eigenvalue weighted by Crippen LogP contribution is -2.15. The molecule has 25 heavy (non-hydrogen) atoms. The molecular weight excluding hydrogens is 342 g/mol. The van der Waals surface area contributed by atoms with Gasteiger partial charge in [-0.3, -0.25) is 4.79 Å². The Hall–Kier alpha value is -2.81. The number of nitrogens with zero attached hydrogens (tertiary/aromatic N) is 4. The molecule has 2 heterocycles. The van der Waals surface area contributed by atoms with Crippen LogP contribution in [0.25, 0.3) is 5.65 Å². The lowest BCUT2D eigenvalue weighted by atomic mass is 10.2. The van der Waals surface area contributed by atoms with Gasteiger partial charge in [-0.2, -0.15) is 9.61 Å². The van der Waals surface area contributed by atoms with Crippen molar-refractivity contribution in [3.8, 4) is 11.5 Å². The molecule has 9 heteroatoms. The maximum absolute atomic E-state index is 12.2. The summed E-state index contributed by atoms with van der Waals surface area (Å²) in [5.41, 5.74) is 1.23. The number of anilines is 1. The molecule has 1 aromatic carbocycles.